The number of nitrogens with zero attached hydrogens (tertiary/aromatic N) is 1. The maximum Gasteiger partial charge on any atom is 0.409 e. The van der Waals surface area contributed by atoms with E-state index in [1.165, 1.54) is 0 Å². The molecule has 0 bridgehead atoms. The molecule has 1 fully saturated rings. The second-order valence-corrected chi connectivity index (χ2v) is 5.05. The van der Waals surface area contributed by atoms with Crippen LogP contribution in [-0.4, -0.2) is 36.8 Å². The monoisotopic (exact) mass is 313 g/mol. The van der Waals surface area contributed by atoms with E-state index in [2.05, 4.69) is 15.9 Å². The summed E-state index contributed by atoms with van der Waals surface area (Å²) >= 11 is 3.40. The van der Waals surface area contributed by atoms with Gasteiger partial charge in [0.2, 0.25) is 0 Å². The van der Waals surface area contributed by atoms with Gasteiger partial charge in [-0.05, 0) is 25.1 Å². The van der Waals surface area contributed by atoms with Crippen LogP contribution in [0.4, 0.5) is 4.79 Å². The molecule has 0 saturated carbocycles. The van der Waals surface area contributed by atoms with Crippen LogP contribution in [0, 0.1) is 0 Å². The largest absolute Gasteiger partial charge is 0.488 e. The third-order valence-electron chi connectivity index (χ3n) is 2.77. The summed E-state index contributed by atoms with van der Waals surface area (Å²) in [6, 6.07) is 7.72. The summed E-state index contributed by atoms with van der Waals surface area (Å²) in [6.07, 6.45) is 0.632. The summed E-state index contributed by atoms with van der Waals surface area (Å²) in [5, 5.41) is 0. The van der Waals surface area contributed by atoms with Gasteiger partial charge in [-0.15, -0.1) is 0 Å². The average Bonchev–Trinajstić information content (AvgIpc) is 2.78. The Hall–Kier alpha value is -1.23. The lowest BCUT2D eigenvalue weighted by Gasteiger charge is -2.16. The number of halogens is 1. The third kappa shape index (κ3) is 3.38. The fraction of sp³-hybridized carbons (Fsp3) is 0.462. The molecule has 1 aliphatic heterocycles. The molecule has 4 nitrogen and oxygen atoms in total. The topological polar surface area (TPSA) is 38.8 Å². The van der Waals surface area contributed by atoms with E-state index in [0.717, 1.165) is 16.6 Å². The molecule has 1 atom stereocenters. The first-order valence-electron chi connectivity index (χ1n) is 6.03. The zero-order chi connectivity index (χ0) is 13.0. The van der Waals surface area contributed by atoms with Gasteiger partial charge in [0.1, 0.15) is 11.9 Å². The first kappa shape index (κ1) is 13.2. The molecule has 1 amide bonds. The van der Waals surface area contributed by atoms with Crippen LogP contribution in [0.5, 0.6) is 5.75 Å². The fourth-order valence-corrected chi connectivity index (χ4v) is 2.32. The summed E-state index contributed by atoms with van der Waals surface area (Å²) in [4.78, 5) is 13.2. The van der Waals surface area contributed by atoms with Gasteiger partial charge < -0.3 is 14.4 Å². The highest BCUT2D eigenvalue weighted by atomic mass is 79.9. The van der Waals surface area contributed by atoms with Crippen LogP contribution >= 0.6 is 15.9 Å². The Bertz CT molecular complexity index is 424. The van der Waals surface area contributed by atoms with Crippen molar-refractivity contribution in [2.45, 2.75) is 19.4 Å². The minimum atomic E-state index is -0.252. The summed E-state index contributed by atoms with van der Waals surface area (Å²) in [6.45, 7) is 3.50. The predicted octanol–water partition coefficient (Wildman–Crippen LogP) is 3.06. The van der Waals surface area contributed by atoms with Gasteiger partial charge in [0.05, 0.1) is 13.2 Å². The number of hydrogen-bond donors (Lipinski definition) is 0. The molecule has 5 heteroatoms. The highest BCUT2D eigenvalue weighted by Gasteiger charge is 2.28. The van der Waals surface area contributed by atoms with Crippen LogP contribution in [0.2, 0.25) is 0 Å². The molecule has 1 aromatic carbocycles. The van der Waals surface area contributed by atoms with Gasteiger partial charge in [-0.3, -0.25) is 0 Å². The van der Waals surface area contributed by atoms with Crippen molar-refractivity contribution in [1.29, 1.82) is 0 Å². The molecule has 98 valence electrons. The van der Waals surface area contributed by atoms with Crippen LogP contribution in [0.3, 0.4) is 0 Å². The zero-order valence-corrected chi connectivity index (χ0v) is 11.9. The second-order valence-electron chi connectivity index (χ2n) is 4.13. The number of ether oxygens (including phenoxy) is 2. The van der Waals surface area contributed by atoms with Crippen LogP contribution in [0.1, 0.15) is 13.3 Å². The molecule has 0 radical (unpaired) electrons. The summed E-state index contributed by atoms with van der Waals surface area (Å²) < 4.78 is 11.8. The third-order valence-corrected chi connectivity index (χ3v) is 3.26. The number of carbonyl (C=O) groups is 1. The van der Waals surface area contributed by atoms with Crippen molar-refractivity contribution in [1.82, 2.24) is 4.90 Å². The summed E-state index contributed by atoms with van der Waals surface area (Å²) in [5.41, 5.74) is 0. The lowest BCUT2D eigenvalue weighted by Crippen LogP contribution is -2.31. The van der Waals surface area contributed by atoms with E-state index < -0.39 is 0 Å². The molecule has 0 N–H and O–H groups in total. The molecule has 18 heavy (non-hydrogen) atoms. The lowest BCUT2D eigenvalue weighted by atomic mass is 10.3. The van der Waals surface area contributed by atoms with Crippen molar-refractivity contribution in [2.24, 2.45) is 0 Å². The highest BCUT2D eigenvalue weighted by Crippen LogP contribution is 2.22. The zero-order valence-electron chi connectivity index (χ0n) is 10.3. The molecule has 0 aliphatic carbocycles. The Kier molecular flexibility index (Phi) is 4.47. The van der Waals surface area contributed by atoms with E-state index in [1.807, 2.05) is 31.2 Å². The number of carbonyl (C=O) groups excluding carboxylic acids is 1. The minimum Gasteiger partial charge on any atom is -0.488 e. The minimum absolute atomic E-state index is 0.0451. The molecule has 0 aromatic heterocycles. The first-order chi connectivity index (χ1) is 8.69. The van der Waals surface area contributed by atoms with Crippen molar-refractivity contribution in [3.05, 3.63) is 28.7 Å². The predicted molar refractivity (Wildman–Crippen MR) is 71.8 cm³/mol. The SMILES string of the molecule is CCOC(=O)N1CCC(Oc2cccc(Br)c2)C1. The smallest absolute Gasteiger partial charge is 0.409 e. The maximum absolute atomic E-state index is 11.5. The van der Waals surface area contributed by atoms with Gasteiger partial charge in [-0.2, -0.15) is 0 Å². The molecule has 2 rings (SSSR count). The first-order valence-corrected chi connectivity index (χ1v) is 6.82. The number of likely N-dealkylation sites (tertiary alicyclic amines) is 1. The maximum atomic E-state index is 11.5. The van der Waals surface area contributed by atoms with Crippen LogP contribution < -0.4 is 4.74 Å². The van der Waals surface area contributed by atoms with E-state index >= 15 is 0 Å². The van der Waals surface area contributed by atoms with Crippen molar-refractivity contribution in [2.75, 3.05) is 19.7 Å². The van der Waals surface area contributed by atoms with Crippen molar-refractivity contribution >= 4 is 22.0 Å². The van der Waals surface area contributed by atoms with Gasteiger partial charge in [-0.1, -0.05) is 22.0 Å². The Morgan fingerprint density at radius 2 is 2.39 bits per heavy atom. The molecule has 1 unspecified atom stereocenters. The number of hydrogen-bond acceptors (Lipinski definition) is 3. The highest BCUT2D eigenvalue weighted by molar-refractivity contribution is 9.10. The van der Waals surface area contributed by atoms with E-state index in [9.17, 15) is 4.79 Å². The van der Waals surface area contributed by atoms with E-state index in [-0.39, 0.29) is 12.2 Å². The van der Waals surface area contributed by atoms with E-state index in [1.54, 1.807) is 4.90 Å². The van der Waals surface area contributed by atoms with Crippen molar-refractivity contribution < 1.29 is 14.3 Å². The molecule has 1 saturated heterocycles. The Morgan fingerprint density at radius 1 is 1.56 bits per heavy atom. The lowest BCUT2D eigenvalue weighted by molar-refractivity contribution is 0.110. The van der Waals surface area contributed by atoms with Gasteiger partial charge in [0.15, 0.2) is 0 Å². The molecule has 0 spiro atoms. The number of rotatable bonds is 3. The van der Waals surface area contributed by atoms with E-state index in [4.69, 9.17) is 9.47 Å². The van der Waals surface area contributed by atoms with Gasteiger partial charge in [0.25, 0.3) is 0 Å². The van der Waals surface area contributed by atoms with Crippen molar-refractivity contribution in [3.63, 3.8) is 0 Å². The van der Waals surface area contributed by atoms with E-state index in [0.29, 0.717) is 19.7 Å². The van der Waals surface area contributed by atoms with Gasteiger partial charge in [-0.25, -0.2) is 4.79 Å². The quantitative estimate of drug-likeness (QED) is 0.861. The number of benzene rings is 1. The van der Waals surface area contributed by atoms with Crippen LogP contribution in [0.15, 0.2) is 28.7 Å². The molecular formula is C13H16BrNO3. The van der Waals surface area contributed by atoms with Crippen molar-refractivity contribution in [3.8, 4) is 5.75 Å². The normalized spacial score (nSPS) is 18.8. The molecule has 1 aromatic rings. The molecular weight excluding hydrogens is 298 g/mol. The Labute approximate surface area is 115 Å². The van der Waals surface area contributed by atoms with Gasteiger partial charge in [0, 0.05) is 17.4 Å². The van der Waals surface area contributed by atoms with Gasteiger partial charge >= 0.3 is 6.09 Å². The Balaban J connectivity index is 1.88. The van der Waals surface area contributed by atoms with Crippen LogP contribution in [-0.2, 0) is 4.74 Å². The second kappa shape index (κ2) is 6.09. The summed E-state index contributed by atoms with van der Waals surface area (Å²) in [7, 11) is 0. The average molecular weight is 314 g/mol. The summed E-state index contributed by atoms with van der Waals surface area (Å²) in [5.74, 6) is 0.820. The Morgan fingerprint density at radius 3 is 3.11 bits per heavy atom. The standard InChI is InChI=1S/C13H16BrNO3/c1-2-17-13(16)15-7-6-12(9-15)18-11-5-3-4-10(14)8-11/h3-5,8,12H,2,6-7,9H2,1H3. The number of amides is 1. The molecule has 1 aliphatic rings. The molecule has 1 heterocycles. The fourth-order valence-electron chi connectivity index (χ4n) is 1.94. The van der Waals surface area contributed by atoms with Crippen LogP contribution in [0.25, 0.3) is 0 Å².